The van der Waals surface area contributed by atoms with E-state index < -0.39 is 50.5 Å². The summed E-state index contributed by atoms with van der Waals surface area (Å²) in [6.45, 7) is 4.59. The third-order valence-corrected chi connectivity index (χ3v) is 4.18. The van der Waals surface area contributed by atoms with Crippen molar-refractivity contribution in [2.24, 2.45) is 0 Å². The van der Waals surface area contributed by atoms with Gasteiger partial charge in [-0.3, -0.25) is 4.55 Å². The Labute approximate surface area is 141 Å². The van der Waals surface area contributed by atoms with Gasteiger partial charge in [-0.05, 0) is 24.6 Å². The highest BCUT2D eigenvalue weighted by Crippen LogP contribution is 2.28. The van der Waals surface area contributed by atoms with Crippen molar-refractivity contribution in [2.45, 2.75) is 18.4 Å². The number of benzene rings is 2. The van der Waals surface area contributed by atoms with Crippen molar-refractivity contribution >= 4 is 15.7 Å². The molecule has 9 heteroatoms. The Morgan fingerprint density at radius 1 is 1.04 bits per heavy atom. The van der Waals surface area contributed by atoms with E-state index in [1.54, 1.807) is 19.1 Å². The summed E-state index contributed by atoms with van der Waals surface area (Å²) in [7, 11) is -5.49. The molecule has 0 saturated heterocycles. The van der Waals surface area contributed by atoms with Crippen LogP contribution in [0.15, 0.2) is 35.7 Å². The second kappa shape index (κ2) is 6.85. The van der Waals surface area contributed by atoms with Crippen molar-refractivity contribution in [1.29, 1.82) is 0 Å². The lowest BCUT2D eigenvalue weighted by molar-refractivity contribution is 0.282. The fraction of sp³-hybridized carbons (Fsp3) is 0.125. The monoisotopic (exact) mass is 376 g/mol. The highest BCUT2D eigenvalue weighted by Gasteiger charge is 2.32. The van der Waals surface area contributed by atoms with Gasteiger partial charge >= 0.3 is 10.1 Å². The van der Waals surface area contributed by atoms with Crippen LogP contribution in [0.25, 0.3) is 5.57 Å². The van der Waals surface area contributed by atoms with E-state index in [4.69, 9.17) is 9.29 Å². The summed E-state index contributed by atoms with van der Waals surface area (Å²) in [6, 6.07) is 6.15. The molecule has 0 bridgehead atoms. The first-order chi connectivity index (χ1) is 11.5. The average Bonchev–Trinajstić information content (AvgIpc) is 2.52. The normalized spacial score (nSPS) is 11.4. The van der Waals surface area contributed by atoms with Gasteiger partial charge in [-0.25, -0.2) is 17.6 Å². The molecule has 2 rings (SSSR count). The summed E-state index contributed by atoms with van der Waals surface area (Å²) in [5, 5.41) is 0. The van der Waals surface area contributed by atoms with Crippen molar-refractivity contribution in [2.75, 3.05) is 0 Å². The largest absolute Gasteiger partial charge is 0.489 e. The van der Waals surface area contributed by atoms with Crippen molar-refractivity contribution in [3.05, 3.63) is 65.2 Å². The topological polar surface area (TPSA) is 63.6 Å². The van der Waals surface area contributed by atoms with Crippen LogP contribution < -0.4 is 4.74 Å². The lowest BCUT2D eigenvalue weighted by Crippen LogP contribution is -2.14. The molecule has 0 heterocycles. The van der Waals surface area contributed by atoms with Crippen LogP contribution in [0.1, 0.15) is 18.1 Å². The zero-order valence-electron chi connectivity index (χ0n) is 12.8. The highest BCUT2D eigenvalue weighted by atomic mass is 32.2. The zero-order valence-corrected chi connectivity index (χ0v) is 13.6. The molecule has 4 nitrogen and oxygen atoms in total. The van der Waals surface area contributed by atoms with Gasteiger partial charge in [0, 0.05) is 0 Å². The van der Waals surface area contributed by atoms with E-state index >= 15 is 0 Å². The predicted molar refractivity (Wildman–Crippen MR) is 81.6 cm³/mol. The van der Waals surface area contributed by atoms with Crippen molar-refractivity contribution in [1.82, 2.24) is 0 Å². The first-order valence-electron chi connectivity index (χ1n) is 6.75. The SMILES string of the molecule is C=C(C)c1ccc(OCc2c(F)c(F)c(S(=O)(=O)O)c(F)c2F)cc1. The summed E-state index contributed by atoms with van der Waals surface area (Å²) in [5.41, 5.74) is 0.416. The summed E-state index contributed by atoms with van der Waals surface area (Å²) < 4.78 is 90.6. The van der Waals surface area contributed by atoms with E-state index in [0.29, 0.717) is 0 Å². The predicted octanol–water partition coefficient (Wildman–Crippen LogP) is 4.10. The van der Waals surface area contributed by atoms with Crippen LogP contribution in [0.5, 0.6) is 5.75 Å². The zero-order chi connectivity index (χ0) is 18.9. The van der Waals surface area contributed by atoms with Crippen LogP contribution in [0.3, 0.4) is 0 Å². The third kappa shape index (κ3) is 3.83. The van der Waals surface area contributed by atoms with Crippen molar-refractivity contribution in [3.8, 4) is 5.75 Å². The summed E-state index contributed by atoms with van der Waals surface area (Å²) in [4.78, 5) is -2.09. The quantitative estimate of drug-likeness (QED) is 0.485. The Hall–Kier alpha value is -2.39. The van der Waals surface area contributed by atoms with Gasteiger partial charge in [-0.15, -0.1) is 0 Å². The molecule has 0 saturated carbocycles. The number of ether oxygens (including phenoxy) is 1. The maximum Gasteiger partial charge on any atom is 0.300 e. The Balaban J connectivity index is 2.36. The van der Waals surface area contributed by atoms with Crippen molar-refractivity contribution < 1.29 is 35.3 Å². The minimum Gasteiger partial charge on any atom is -0.489 e. The van der Waals surface area contributed by atoms with Crippen molar-refractivity contribution in [3.63, 3.8) is 0 Å². The van der Waals surface area contributed by atoms with Crippen LogP contribution in [-0.4, -0.2) is 13.0 Å². The Morgan fingerprint density at radius 3 is 1.92 bits per heavy atom. The highest BCUT2D eigenvalue weighted by molar-refractivity contribution is 7.85. The minimum atomic E-state index is -5.49. The summed E-state index contributed by atoms with van der Waals surface area (Å²) >= 11 is 0. The van der Waals surface area contributed by atoms with Gasteiger partial charge in [0.1, 0.15) is 12.4 Å². The van der Waals surface area contributed by atoms with Crippen LogP contribution in [0.4, 0.5) is 17.6 Å². The fourth-order valence-electron chi connectivity index (χ4n) is 2.00. The van der Waals surface area contributed by atoms with Crippen LogP contribution >= 0.6 is 0 Å². The molecule has 0 aliphatic rings. The van der Waals surface area contributed by atoms with Gasteiger partial charge in [-0.2, -0.15) is 8.42 Å². The Morgan fingerprint density at radius 2 is 1.52 bits per heavy atom. The van der Waals surface area contributed by atoms with Gasteiger partial charge in [0.05, 0.1) is 5.56 Å². The van der Waals surface area contributed by atoms with E-state index in [1.165, 1.54) is 12.1 Å². The van der Waals surface area contributed by atoms with Gasteiger partial charge < -0.3 is 4.74 Å². The molecular weight excluding hydrogens is 364 g/mol. The average molecular weight is 376 g/mol. The van der Waals surface area contributed by atoms with Crippen LogP contribution in [-0.2, 0) is 16.7 Å². The first-order valence-corrected chi connectivity index (χ1v) is 8.19. The van der Waals surface area contributed by atoms with Crippen LogP contribution in [0.2, 0.25) is 0 Å². The Bertz CT molecular complexity index is 909. The summed E-state index contributed by atoms with van der Waals surface area (Å²) in [6.07, 6.45) is 0. The van der Waals surface area contributed by atoms with Gasteiger partial charge in [0.2, 0.25) is 0 Å². The smallest absolute Gasteiger partial charge is 0.300 e. The van der Waals surface area contributed by atoms with Gasteiger partial charge in [0.25, 0.3) is 0 Å². The van der Waals surface area contributed by atoms with E-state index in [0.717, 1.165) is 11.1 Å². The molecule has 2 aromatic rings. The molecular formula is C16H12F4O4S. The molecule has 0 aliphatic carbocycles. The third-order valence-electron chi connectivity index (χ3n) is 3.30. The summed E-state index contributed by atoms with van der Waals surface area (Å²) in [5.74, 6) is -8.23. The second-order valence-corrected chi connectivity index (χ2v) is 6.49. The standard InChI is InChI=1S/C16H12F4O4S/c1-8(2)9-3-5-10(6-4-9)24-7-11-12(17)14(19)16(25(21,22)23)15(20)13(11)18/h3-6H,1,7H2,2H3,(H,21,22,23). The van der Waals surface area contributed by atoms with E-state index in [9.17, 15) is 26.0 Å². The van der Waals surface area contributed by atoms with Gasteiger partial charge in [0.15, 0.2) is 28.2 Å². The molecule has 0 aromatic heterocycles. The second-order valence-electron chi connectivity index (χ2n) is 5.13. The lowest BCUT2D eigenvalue weighted by Gasteiger charge is -2.12. The molecule has 2 aromatic carbocycles. The molecule has 0 atom stereocenters. The molecule has 0 fully saturated rings. The molecule has 0 amide bonds. The molecule has 25 heavy (non-hydrogen) atoms. The molecule has 1 N–H and O–H groups in total. The molecule has 0 spiro atoms. The maximum absolute atomic E-state index is 13.9. The number of hydrogen-bond acceptors (Lipinski definition) is 3. The maximum atomic E-state index is 13.9. The Kier molecular flexibility index (Phi) is 5.19. The molecule has 0 unspecified atom stereocenters. The van der Waals surface area contributed by atoms with Crippen LogP contribution in [0, 0.1) is 23.3 Å². The van der Waals surface area contributed by atoms with E-state index in [1.807, 2.05) is 0 Å². The molecule has 134 valence electrons. The first kappa shape index (κ1) is 18.9. The number of allylic oxidation sites excluding steroid dienone is 1. The van der Waals surface area contributed by atoms with E-state index in [2.05, 4.69) is 6.58 Å². The molecule has 0 aliphatic heterocycles. The lowest BCUT2D eigenvalue weighted by atomic mass is 10.1. The fourth-order valence-corrected chi connectivity index (χ4v) is 2.63. The number of hydrogen-bond donors (Lipinski definition) is 1. The number of rotatable bonds is 5. The molecule has 0 radical (unpaired) electrons. The minimum absolute atomic E-state index is 0.156. The van der Waals surface area contributed by atoms with E-state index in [-0.39, 0.29) is 5.75 Å². The number of halogens is 4. The van der Waals surface area contributed by atoms with Gasteiger partial charge in [-0.1, -0.05) is 24.3 Å².